The molecule has 1 aliphatic rings. The normalized spacial score (nSPS) is 16.5. The molecule has 3 rings (SSSR count). The molecular weight excluding hydrogens is 370 g/mol. The van der Waals surface area contributed by atoms with Gasteiger partial charge < -0.3 is 9.47 Å². The second kappa shape index (κ2) is 9.56. The summed E-state index contributed by atoms with van der Waals surface area (Å²) in [5, 5.41) is 9.69. The zero-order valence-electron chi connectivity index (χ0n) is 17.3. The van der Waals surface area contributed by atoms with E-state index in [2.05, 4.69) is 64.9 Å². The van der Waals surface area contributed by atoms with Gasteiger partial charge in [0.1, 0.15) is 0 Å². The van der Waals surface area contributed by atoms with E-state index in [9.17, 15) is 4.79 Å². The first kappa shape index (κ1) is 20.9. The fraction of sp³-hybridized carbons (Fsp3) is 0.571. The molecule has 1 aliphatic heterocycles. The molecule has 1 aromatic heterocycles. The number of carbonyl (C=O) groups is 1. The van der Waals surface area contributed by atoms with Gasteiger partial charge in [0.05, 0.1) is 17.8 Å². The highest BCUT2D eigenvalue weighted by atomic mass is 32.2. The van der Waals surface area contributed by atoms with Crippen molar-refractivity contribution in [1.29, 1.82) is 0 Å². The standard InChI is InChI=1S/C21H31N5OS/c1-5-18(24(3)4)19-22-23-21(26(19)15-17-11-7-6-8-12-17)28-16(2)20(27)25-13-9-10-14-25/h6-8,11-12,16,18H,5,9-10,13-15H2,1-4H3/t16-,18+/m0/s1. The molecule has 0 aliphatic carbocycles. The van der Waals surface area contributed by atoms with Crippen LogP contribution in [-0.2, 0) is 11.3 Å². The number of thioether (sulfide) groups is 1. The minimum absolute atomic E-state index is 0.163. The van der Waals surface area contributed by atoms with Gasteiger partial charge in [-0.05, 0) is 45.8 Å². The second-order valence-corrected chi connectivity index (χ2v) is 8.90. The highest BCUT2D eigenvalue weighted by Crippen LogP contribution is 2.29. The molecule has 1 saturated heterocycles. The van der Waals surface area contributed by atoms with Gasteiger partial charge in [-0.2, -0.15) is 0 Å². The molecule has 28 heavy (non-hydrogen) atoms. The van der Waals surface area contributed by atoms with Crippen LogP contribution in [0.4, 0.5) is 0 Å². The van der Waals surface area contributed by atoms with Gasteiger partial charge in [0.25, 0.3) is 0 Å². The van der Waals surface area contributed by atoms with Crippen LogP contribution in [0, 0.1) is 0 Å². The Bertz CT molecular complexity index is 770. The van der Waals surface area contributed by atoms with Gasteiger partial charge in [-0.15, -0.1) is 10.2 Å². The van der Waals surface area contributed by atoms with Crippen LogP contribution < -0.4 is 0 Å². The maximum absolute atomic E-state index is 12.8. The Balaban J connectivity index is 1.87. The summed E-state index contributed by atoms with van der Waals surface area (Å²) in [6.07, 6.45) is 3.17. The third kappa shape index (κ3) is 4.75. The Morgan fingerprint density at radius 3 is 2.46 bits per heavy atom. The maximum Gasteiger partial charge on any atom is 0.235 e. The number of benzene rings is 1. The molecule has 6 nitrogen and oxygen atoms in total. The number of hydrogen-bond donors (Lipinski definition) is 0. The Hall–Kier alpha value is -1.86. The predicted molar refractivity (Wildman–Crippen MR) is 113 cm³/mol. The monoisotopic (exact) mass is 401 g/mol. The molecule has 152 valence electrons. The lowest BCUT2D eigenvalue weighted by molar-refractivity contribution is -0.129. The summed E-state index contributed by atoms with van der Waals surface area (Å²) in [5.41, 5.74) is 1.21. The summed E-state index contributed by atoms with van der Waals surface area (Å²) in [6.45, 7) is 6.61. The largest absolute Gasteiger partial charge is 0.342 e. The minimum Gasteiger partial charge on any atom is -0.342 e. The highest BCUT2D eigenvalue weighted by Gasteiger charge is 2.28. The molecule has 1 fully saturated rings. The van der Waals surface area contributed by atoms with Crippen molar-refractivity contribution in [2.45, 2.75) is 56.1 Å². The summed E-state index contributed by atoms with van der Waals surface area (Å²) in [4.78, 5) is 16.9. The molecule has 7 heteroatoms. The smallest absolute Gasteiger partial charge is 0.235 e. The van der Waals surface area contributed by atoms with Gasteiger partial charge in [0.15, 0.2) is 11.0 Å². The van der Waals surface area contributed by atoms with Crippen molar-refractivity contribution in [1.82, 2.24) is 24.6 Å². The van der Waals surface area contributed by atoms with E-state index in [4.69, 9.17) is 0 Å². The average molecular weight is 402 g/mol. The van der Waals surface area contributed by atoms with Crippen LogP contribution in [0.1, 0.15) is 50.5 Å². The van der Waals surface area contributed by atoms with Crippen LogP contribution in [0.25, 0.3) is 0 Å². The van der Waals surface area contributed by atoms with Crippen molar-refractivity contribution in [2.75, 3.05) is 27.2 Å². The molecular formula is C21H31N5OS. The fourth-order valence-electron chi connectivity index (χ4n) is 3.73. The first-order valence-corrected chi connectivity index (χ1v) is 11.0. The van der Waals surface area contributed by atoms with Gasteiger partial charge in [-0.1, -0.05) is 49.0 Å². The van der Waals surface area contributed by atoms with E-state index >= 15 is 0 Å². The SMILES string of the molecule is CC[C@H](c1nnc(S[C@@H](C)C(=O)N2CCCC2)n1Cc1ccccc1)N(C)C. The van der Waals surface area contributed by atoms with Crippen LogP contribution >= 0.6 is 11.8 Å². The highest BCUT2D eigenvalue weighted by molar-refractivity contribution is 8.00. The van der Waals surface area contributed by atoms with E-state index in [0.29, 0.717) is 6.54 Å². The van der Waals surface area contributed by atoms with Crippen molar-refractivity contribution in [3.05, 3.63) is 41.7 Å². The lowest BCUT2D eigenvalue weighted by Gasteiger charge is -2.24. The molecule has 0 saturated carbocycles. The van der Waals surface area contributed by atoms with Crippen LogP contribution in [0.2, 0.25) is 0 Å². The van der Waals surface area contributed by atoms with Crippen molar-refractivity contribution in [3.63, 3.8) is 0 Å². The second-order valence-electron chi connectivity index (χ2n) is 7.59. The number of carbonyl (C=O) groups excluding carboxylic acids is 1. The van der Waals surface area contributed by atoms with E-state index in [0.717, 1.165) is 43.3 Å². The summed E-state index contributed by atoms with van der Waals surface area (Å²) >= 11 is 1.52. The maximum atomic E-state index is 12.8. The predicted octanol–water partition coefficient (Wildman–Crippen LogP) is 3.44. The molecule has 0 spiro atoms. The van der Waals surface area contributed by atoms with Crippen molar-refractivity contribution >= 4 is 17.7 Å². The molecule has 2 atom stereocenters. The third-order valence-electron chi connectivity index (χ3n) is 5.28. The van der Waals surface area contributed by atoms with E-state index in [1.165, 1.54) is 17.3 Å². The number of likely N-dealkylation sites (tertiary alicyclic amines) is 1. The van der Waals surface area contributed by atoms with Crippen LogP contribution in [0.15, 0.2) is 35.5 Å². The van der Waals surface area contributed by atoms with Gasteiger partial charge >= 0.3 is 0 Å². The Morgan fingerprint density at radius 1 is 1.18 bits per heavy atom. The molecule has 0 unspecified atom stereocenters. The number of amides is 1. The zero-order chi connectivity index (χ0) is 20.1. The number of rotatable bonds is 8. The van der Waals surface area contributed by atoms with Crippen molar-refractivity contribution in [3.8, 4) is 0 Å². The summed E-state index contributed by atoms with van der Waals surface area (Å²) in [7, 11) is 4.14. The molecule has 1 aromatic carbocycles. The van der Waals surface area contributed by atoms with Crippen LogP contribution in [0.5, 0.6) is 0 Å². The molecule has 2 heterocycles. The topological polar surface area (TPSA) is 54.3 Å². The van der Waals surface area contributed by atoms with E-state index in [1.54, 1.807) is 0 Å². The van der Waals surface area contributed by atoms with Gasteiger partial charge in [-0.3, -0.25) is 9.69 Å². The van der Waals surface area contributed by atoms with Crippen molar-refractivity contribution < 1.29 is 4.79 Å². The molecule has 0 N–H and O–H groups in total. The fourth-order valence-corrected chi connectivity index (χ4v) is 4.67. The van der Waals surface area contributed by atoms with Crippen LogP contribution in [-0.4, -0.2) is 62.9 Å². The molecule has 2 aromatic rings. The van der Waals surface area contributed by atoms with Gasteiger partial charge in [-0.25, -0.2) is 0 Å². The molecule has 0 bridgehead atoms. The molecule has 1 amide bonds. The lowest BCUT2D eigenvalue weighted by atomic mass is 10.2. The molecule has 0 radical (unpaired) electrons. The quantitative estimate of drug-likeness (QED) is 0.634. The Labute approximate surface area is 172 Å². The van der Waals surface area contributed by atoms with E-state index < -0.39 is 0 Å². The van der Waals surface area contributed by atoms with E-state index in [-0.39, 0.29) is 17.2 Å². The summed E-state index contributed by atoms with van der Waals surface area (Å²) < 4.78 is 2.18. The number of nitrogens with zero attached hydrogens (tertiary/aromatic N) is 5. The minimum atomic E-state index is -0.163. The number of aromatic nitrogens is 3. The summed E-state index contributed by atoms with van der Waals surface area (Å²) in [6, 6.07) is 10.6. The van der Waals surface area contributed by atoms with E-state index in [1.807, 2.05) is 17.9 Å². The van der Waals surface area contributed by atoms with Crippen molar-refractivity contribution in [2.24, 2.45) is 0 Å². The summed E-state index contributed by atoms with van der Waals surface area (Å²) in [5.74, 6) is 1.16. The number of hydrogen-bond acceptors (Lipinski definition) is 5. The average Bonchev–Trinajstić information content (AvgIpc) is 3.34. The first-order chi connectivity index (χ1) is 13.5. The van der Waals surface area contributed by atoms with Gasteiger partial charge in [0, 0.05) is 13.1 Å². The van der Waals surface area contributed by atoms with Crippen LogP contribution in [0.3, 0.4) is 0 Å². The third-order valence-corrected chi connectivity index (χ3v) is 6.35. The Kier molecular flexibility index (Phi) is 7.13. The first-order valence-electron chi connectivity index (χ1n) is 10.1. The zero-order valence-corrected chi connectivity index (χ0v) is 18.2. The van der Waals surface area contributed by atoms with Gasteiger partial charge in [0.2, 0.25) is 5.91 Å². The Morgan fingerprint density at radius 2 is 1.86 bits per heavy atom. The lowest BCUT2D eigenvalue weighted by Crippen LogP contribution is -2.34.